The highest BCUT2D eigenvalue weighted by atomic mass is 19.1. The average Bonchev–Trinajstić information content (AvgIpc) is 2.43. The van der Waals surface area contributed by atoms with E-state index in [-0.39, 0.29) is 30.4 Å². The molecule has 2 atom stereocenters. The Morgan fingerprint density at radius 2 is 1.96 bits per heavy atom. The molecule has 1 aliphatic heterocycles. The first-order chi connectivity index (χ1) is 11.1. The van der Waals surface area contributed by atoms with Crippen LogP contribution in [0.4, 0.5) is 13.6 Å². The molecule has 0 N–H and O–H groups in total. The van der Waals surface area contributed by atoms with Crippen molar-refractivity contribution in [2.75, 3.05) is 13.1 Å². The van der Waals surface area contributed by atoms with E-state index in [1.807, 2.05) is 39.5 Å². The first-order valence-corrected chi connectivity index (χ1v) is 8.10. The molecule has 1 fully saturated rings. The number of carbonyl (C=O) groups is 1. The van der Waals surface area contributed by atoms with E-state index in [2.05, 4.69) is 4.98 Å². The van der Waals surface area contributed by atoms with Crippen molar-refractivity contribution in [2.45, 2.75) is 58.8 Å². The molecule has 1 aromatic rings. The van der Waals surface area contributed by atoms with Crippen LogP contribution in [0.25, 0.3) is 0 Å². The number of aromatic nitrogens is 1. The summed E-state index contributed by atoms with van der Waals surface area (Å²) in [5.41, 5.74) is -0.334. The minimum Gasteiger partial charge on any atom is -0.444 e. The third-order valence-corrected chi connectivity index (χ3v) is 3.98. The number of hydrogen-bond donors (Lipinski definition) is 0. The first kappa shape index (κ1) is 18.6. The van der Waals surface area contributed by atoms with Gasteiger partial charge in [-0.3, -0.25) is 9.88 Å². The Bertz CT molecular complexity index is 604. The lowest BCUT2D eigenvalue weighted by Gasteiger charge is -2.44. The molecule has 0 unspecified atom stereocenters. The monoisotopic (exact) mass is 341 g/mol. The van der Waals surface area contributed by atoms with Gasteiger partial charge < -0.3 is 9.64 Å². The Hall–Kier alpha value is -1.76. The van der Waals surface area contributed by atoms with E-state index in [9.17, 15) is 13.6 Å². The normalized spacial score (nSPS) is 22.5. The van der Waals surface area contributed by atoms with Gasteiger partial charge in [-0.1, -0.05) is 0 Å². The lowest BCUT2D eigenvalue weighted by atomic mass is 10.1. The molecule has 0 saturated carbocycles. The molecule has 5 nitrogen and oxygen atoms in total. The largest absolute Gasteiger partial charge is 0.444 e. The molecule has 1 aromatic heterocycles. The Balaban J connectivity index is 2.03. The molecular weight excluding hydrogens is 316 g/mol. The predicted molar refractivity (Wildman–Crippen MR) is 86.4 cm³/mol. The molecule has 7 heteroatoms. The summed E-state index contributed by atoms with van der Waals surface area (Å²) in [6, 6.07) is 0.785. The van der Waals surface area contributed by atoms with Crippen LogP contribution in [0.2, 0.25) is 0 Å². The predicted octanol–water partition coefficient (Wildman–Crippen LogP) is 3.19. The van der Waals surface area contributed by atoms with Gasteiger partial charge in [0, 0.05) is 37.8 Å². The molecule has 0 aromatic carbocycles. The van der Waals surface area contributed by atoms with Crippen LogP contribution >= 0.6 is 0 Å². The van der Waals surface area contributed by atoms with Gasteiger partial charge in [0.05, 0.1) is 11.9 Å². The summed E-state index contributed by atoms with van der Waals surface area (Å²) in [5.74, 6) is -1.34. The molecule has 1 aliphatic rings. The standard InChI is InChI=1S/C17H25F2N3O2/c1-11-9-22(16(23)24-17(3,4)5)12(2)8-21(11)10-15-14(19)6-13(18)7-20-15/h6-7,11-12H,8-10H2,1-5H3/t11-,12+/m0/s1. The van der Waals surface area contributed by atoms with E-state index in [4.69, 9.17) is 4.74 Å². The van der Waals surface area contributed by atoms with E-state index >= 15 is 0 Å². The van der Waals surface area contributed by atoms with Crippen LogP contribution in [0.3, 0.4) is 0 Å². The number of rotatable bonds is 2. The van der Waals surface area contributed by atoms with E-state index < -0.39 is 17.2 Å². The van der Waals surface area contributed by atoms with Crippen LogP contribution in [0.5, 0.6) is 0 Å². The highest BCUT2D eigenvalue weighted by Crippen LogP contribution is 2.21. The van der Waals surface area contributed by atoms with E-state index in [0.717, 1.165) is 12.3 Å². The van der Waals surface area contributed by atoms with Crippen LogP contribution in [-0.4, -0.2) is 51.7 Å². The maximum Gasteiger partial charge on any atom is 0.410 e. The van der Waals surface area contributed by atoms with E-state index in [1.165, 1.54) is 0 Å². The van der Waals surface area contributed by atoms with Gasteiger partial charge in [0.2, 0.25) is 0 Å². The fraction of sp³-hybridized carbons (Fsp3) is 0.647. The summed E-state index contributed by atoms with van der Waals surface area (Å²) < 4.78 is 32.2. The molecular formula is C17H25F2N3O2. The van der Waals surface area contributed by atoms with Crippen molar-refractivity contribution in [3.05, 3.63) is 29.6 Å². The summed E-state index contributed by atoms with van der Waals surface area (Å²) >= 11 is 0. The highest BCUT2D eigenvalue weighted by molar-refractivity contribution is 5.68. The van der Waals surface area contributed by atoms with Gasteiger partial charge in [0.1, 0.15) is 17.2 Å². The summed E-state index contributed by atoms with van der Waals surface area (Å²) in [6.45, 7) is 10.7. The van der Waals surface area contributed by atoms with Crippen LogP contribution in [0.1, 0.15) is 40.3 Å². The molecule has 0 bridgehead atoms. The van der Waals surface area contributed by atoms with Crippen molar-refractivity contribution in [1.29, 1.82) is 0 Å². The van der Waals surface area contributed by atoms with Gasteiger partial charge in [-0.15, -0.1) is 0 Å². The third kappa shape index (κ3) is 4.63. The third-order valence-electron chi connectivity index (χ3n) is 3.98. The number of ether oxygens (including phenoxy) is 1. The van der Waals surface area contributed by atoms with Gasteiger partial charge in [0.25, 0.3) is 0 Å². The van der Waals surface area contributed by atoms with Crippen molar-refractivity contribution >= 4 is 6.09 Å². The molecule has 0 spiro atoms. The lowest BCUT2D eigenvalue weighted by Crippen LogP contribution is -2.58. The molecule has 0 radical (unpaired) electrons. The number of amides is 1. The molecule has 1 saturated heterocycles. The smallest absolute Gasteiger partial charge is 0.410 e. The van der Waals surface area contributed by atoms with Crippen molar-refractivity contribution in [3.8, 4) is 0 Å². The van der Waals surface area contributed by atoms with E-state index in [0.29, 0.717) is 13.1 Å². The fourth-order valence-corrected chi connectivity index (χ4v) is 2.74. The minimum atomic E-state index is -0.688. The van der Waals surface area contributed by atoms with Crippen LogP contribution < -0.4 is 0 Å². The quantitative estimate of drug-likeness (QED) is 0.829. The van der Waals surface area contributed by atoms with Crippen molar-refractivity contribution in [3.63, 3.8) is 0 Å². The maximum absolute atomic E-state index is 13.8. The Morgan fingerprint density at radius 3 is 2.54 bits per heavy atom. The lowest BCUT2D eigenvalue weighted by molar-refractivity contribution is -0.0121. The molecule has 2 rings (SSSR count). The van der Waals surface area contributed by atoms with Crippen LogP contribution in [0, 0.1) is 11.6 Å². The molecule has 134 valence electrons. The maximum atomic E-state index is 13.8. The number of piperazine rings is 1. The zero-order valence-corrected chi connectivity index (χ0v) is 14.8. The minimum absolute atomic E-state index is 0.0139. The molecule has 24 heavy (non-hydrogen) atoms. The van der Waals surface area contributed by atoms with Gasteiger partial charge in [-0.2, -0.15) is 0 Å². The molecule has 1 amide bonds. The fourth-order valence-electron chi connectivity index (χ4n) is 2.74. The van der Waals surface area contributed by atoms with E-state index in [1.54, 1.807) is 4.90 Å². The van der Waals surface area contributed by atoms with Gasteiger partial charge >= 0.3 is 6.09 Å². The van der Waals surface area contributed by atoms with Crippen LogP contribution in [-0.2, 0) is 11.3 Å². The Kier molecular flexibility index (Phi) is 5.42. The summed E-state index contributed by atoms with van der Waals surface area (Å²) in [6.07, 6.45) is 0.677. The van der Waals surface area contributed by atoms with Gasteiger partial charge in [-0.05, 0) is 34.6 Å². The topological polar surface area (TPSA) is 45.7 Å². The summed E-state index contributed by atoms with van der Waals surface area (Å²) in [7, 11) is 0. The Labute approximate surface area is 141 Å². The zero-order valence-electron chi connectivity index (χ0n) is 14.8. The Morgan fingerprint density at radius 1 is 1.29 bits per heavy atom. The summed E-state index contributed by atoms with van der Waals surface area (Å²) in [4.78, 5) is 19.9. The van der Waals surface area contributed by atoms with Crippen molar-refractivity contribution in [2.24, 2.45) is 0 Å². The number of carbonyl (C=O) groups excluding carboxylic acids is 1. The molecule has 2 heterocycles. The second-order valence-corrected chi connectivity index (χ2v) is 7.34. The zero-order chi connectivity index (χ0) is 18.1. The van der Waals surface area contributed by atoms with Gasteiger partial charge in [-0.25, -0.2) is 13.6 Å². The SMILES string of the molecule is C[C@@H]1CN(Cc2ncc(F)cc2F)[C@@H](C)CN1C(=O)OC(C)(C)C. The highest BCUT2D eigenvalue weighted by Gasteiger charge is 2.34. The number of nitrogens with zero attached hydrogens (tertiary/aromatic N) is 3. The second-order valence-electron chi connectivity index (χ2n) is 7.34. The van der Waals surface area contributed by atoms with Crippen molar-refractivity contribution in [1.82, 2.24) is 14.8 Å². The average molecular weight is 341 g/mol. The second kappa shape index (κ2) is 7.01. The summed E-state index contributed by atoms with van der Waals surface area (Å²) in [5, 5.41) is 0. The van der Waals surface area contributed by atoms with Crippen LogP contribution in [0.15, 0.2) is 12.3 Å². The van der Waals surface area contributed by atoms with Gasteiger partial charge in [0.15, 0.2) is 0 Å². The molecule has 0 aliphatic carbocycles. The number of hydrogen-bond acceptors (Lipinski definition) is 4. The first-order valence-electron chi connectivity index (χ1n) is 8.10. The number of pyridine rings is 1. The number of halogens is 2. The van der Waals surface area contributed by atoms with Crippen molar-refractivity contribution < 1.29 is 18.3 Å².